The molecule has 3 rings (SSSR count). The van der Waals surface area contributed by atoms with E-state index in [1.54, 1.807) is 12.1 Å². The van der Waals surface area contributed by atoms with E-state index in [1.165, 1.54) is 0 Å². The predicted molar refractivity (Wildman–Crippen MR) is 71.2 cm³/mol. The number of aliphatic imine (C=N–C) groups is 1. The van der Waals surface area contributed by atoms with E-state index in [1.807, 2.05) is 0 Å². The van der Waals surface area contributed by atoms with E-state index in [0.717, 1.165) is 0 Å². The summed E-state index contributed by atoms with van der Waals surface area (Å²) in [4.78, 5) is 3.98. The Bertz CT molecular complexity index is 614. The molecule has 1 aliphatic carbocycles. The molecule has 0 amide bonds. The highest BCUT2D eigenvalue weighted by Gasteiger charge is 2.61. The van der Waals surface area contributed by atoms with Crippen LogP contribution in [0, 0.1) is 0 Å². The molecule has 7 heteroatoms. The first-order valence-corrected chi connectivity index (χ1v) is 6.87. The van der Waals surface area contributed by atoms with Gasteiger partial charge < -0.3 is 5.11 Å². The number of benzene rings is 1. The molecule has 2 aliphatic rings. The minimum atomic E-state index is -4.75. The van der Waals surface area contributed by atoms with Crippen LogP contribution in [0.25, 0.3) is 0 Å². The molecular weight excluding hydrogens is 314 g/mol. The normalized spacial score (nSPS) is 28.9. The fourth-order valence-corrected chi connectivity index (χ4v) is 3.31. The molecule has 20 heavy (non-hydrogen) atoms. The van der Waals surface area contributed by atoms with E-state index < -0.39 is 17.7 Å². The van der Waals surface area contributed by atoms with Gasteiger partial charge in [0.15, 0.2) is 5.60 Å². The topological polar surface area (TPSA) is 32.6 Å². The second kappa shape index (κ2) is 4.36. The first kappa shape index (κ1) is 14.2. The molecule has 1 saturated carbocycles. The molecule has 0 aromatic heterocycles. The van der Waals surface area contributed by atoms with Crippen molar-refractivity contribution in [2.75, 3.05) is 0 Å². The lowest BCUT2D eigenvalue weighted by Gasteiger charge is -2.37. The smallest absolute Gasteiger partial charge is 0.375 e. The van der Waals surface area contributed by atoms with Crippen molar-refractivity contribution < 1.29 is 18.3 Å². The van der Waals surface area contributed by atoms with Gasteiger partial charge in [0.1, 0.15) is 0 Å². The Morgan fingerprint density at radius 1 is 1.30 bits per heavy atom. The highest BCUT2D eigenvalue weighted by Crippen LogP contribution is 2.53. The minimum Gasteiger partial charge on any atom is -0.375 e. The van der Waals surface area contributed by atoms with Gasteiger partial charge in [-0.2, -0.15) is 13.2 Å². The zero-order valence-corrected chi connectivity index (χ0v) is 11.6. The third-order valence-electron chi connectivity index (χ3n) is 3.96. The van der Waals surface area contributed by atoms with Crippen LogP contribution in [0.3, 0.4) is 0 Å². The van der Waals surface area contributed by atoms with Gasteiger partial charge >= 0.3 is 6.18 Å². The molecule has 2 atom stereocenters. The van der Waals surface area contributed by atoms with Crippen LogP contribution in [0.15, 0.2) is 17.1 Å². The van der Waals surface area contributed by atoms with Gasteiger partial charge in [0, 0.05) is 5.92 Å². The number of hydrogen-bond acceptors (Lipinski definition) is 2. The first-order chi connectivity index (χ1) is 9.25. The highest BCUT2D eigenvalue weighted by atomic mass is 35.5. The maximum absolute atomic E-state index is 13.2. The summed E-state index contributed by atoms with van der Waals surface area (Å²) in [7, 11) is 0. The van der Waals surface area contributed by atoms with Crippen molar-refractivity contribution in [3.63, 3.8) is 0 Å². The molecule has 0 saturated heterocycles. The maximum Gasteiger partial charge on any atom is 0.422 e. The number of rotatable bonds is 0. The number of nitrogens with zero attached hydrogens (tertiary/aromatic N) is 1. The Balaban J connectivity index is 2.17. The maximum atomic E-state index is 13.2. The van der Waals surface area contributed by atoms with Crippen molar-refractivity contribution in [2.24, 2.45) is 4.99 Å². The zero-order chi connectivity index (χ0) is 14.7. The largest absolute Gasteiger partial charge is 0.422 e. The van der Waals surface area contributed by atoms with Crippen molar-refractivity contribution in [3.8, 4) is 0 Å². The van der Waals surface area contributed by atoms with E-state index in [0.29, 0.717) is 12.0 Å². The van der Waals surface area contributed by atoms with Crippen LogP contribution in [-0.2, 0) is 0 Å². The van der Waals surface area contributed by atoms with E-state index in [2.05, 4.69) is 4.99 Å². The molecule has 108 valence electrons. The Hall–Kier alpha value is -0.780. The first-order valence-electron chi connectivity index (χ1n) is 6.12. The summed E-state index contributed by atoms with van der Waals surface area (Å²) in [5.41, 5.74) is -2.26. The van der Waals surface area contributed by atoms with Gasteiger partial charge in [0.05, 0.1) is 21.4 Å². The summed E-state index contributed by atoms with van der Waals surface area (Å²) in [6, 6.07) is 3.18. The van der Waals surface area contributed by atoms with E-state index in [4.69, 9.17) is 23.2 Å². The van der Waals surface area contributed by atoms with Crippen molar-refractivity contribution in [1.82, 2.24) is 0 Å². The van der Waals surface area contributed by atoms with E-state index >= 15 is 0 Å². The highest BCUT2D eigenvalue weighted by molar-refractivity contribution is 6.44. The lowest BCUT2D eigenvalue weighted by molar-refractivity contribution is -0.235. The third-order valence-corrected chi connectivity index (χ3v) is 4.76. The summed E-state index contributed by atoms with van der Waals surface area (Å²) in [6.45, 7) is 0. The van der Waals surface area contributed by atoms with Crippen LogP contribution >= 0.6 is 23.2 Å². The quantitative estimate of drug-likeness (QED) is 0.741. The van der Waals surface area contributed by atoms with Crippen molar-refractivity contribution in [3.05, 3.63) is 27.7 Å². The van der Waals surface area contributed by atoms with E-state index in [-0.39, 0.29) is 34.3 Å². The lowest BCUT2D eigenvalue weighted by Crippen LogP contribution is -2.55. The zero-order valence-electron chi connectivity index (χ0n) is 10.1. The second-order valence-corrected chi connectivity index (χ2v) is 5.88. The van der Waals surface area contributed by atoms with E-state index in [9.17, 15) is 18.3 Å². The van der Waals surface area contributed by atoms with Crippen LogP contribution in [-0.4, -0.2) is 22.6 Å². The predicted octanol–water partition coefficient (Wildman–Crippen LogP) is 4.64. The second-order valence-electron chi connectivity index (χ2n) is 5.10. The molecule has 0 radical (unpaired) electrons. The standard InChI is InChI=1S/C13H10Cl2F3NO/c14-8-4-3-6-7-2-1-5-12(20,13(16,17)18)11(7)19-10(6)9(8)15/h3-4,7,20H,1-2,5H2. The third kappa shape index (κ3) is 1.80. The monoisotopic (exact) mass is 323 g/mol. The van der Waals surface area contributed by atoms with Gasteiger partial charge in [-0.05, 0) is 30.9 Å². The Morgan fingerprint density at radius 2 is 2.00 bits per heavy atom. The minimum absolute atomic E-state index is 0.135. The molecule has 0 bridgehead atoms. The van der Waals surface area contributed by atoms with Crippen LogP contribution in [0.1, 0.15) is 30.7 Å². The van der Waals surface area contributed by atoms with Crippen LogP contribution in [0.2, 0.25) is 10.0 Å². The molecule has 1 aromatic rings. The van der Waals surface area contributed by atoms with Gasteiger partial charge in [-0.15, -0.1) is 0 Å². The Labute approximate surface area is 123 Å². The van der Waals surface area contributed by atoms with Crippen molar-refractivity contribution in [1.29, 1.82) is 0 Å². The summed E-state index contributed by atoms with van der Waals surface area (Å²) >= 11 is 11.9. The molecule has 1 fully saturated rings. The molecule has 1 heterocycles. The summed E-state index contributed by atoms with van der Waals surface area (Å²) in [5, 5.41) is 10.5. The molecule has 1 aliphatic heterocycles. The molecular formula is C13H10Cl2F3NO. The summed E-state index contributed by atoms with van der Waals surface area (Å²) < 4.78 is 39.5. The molecule has 1 N–H and O–H groups in total. The van der Waals surface area contributed by atoms with Gasteiger partial charge in [0.2, 0.25) is 0 Å². The SMILES string of the molecule is OC1(C(F)(F)F)CCCC2C1=Nc1c2ccc(Cl)c1Cl. The van der Waals surface area contributed by atoms with Gasteiger partial charge in [-0.3, -0.25) is 4.99 Å². The average molecular weight is 324 g/mol. The number of hydrogen-bond donors (Lipinski definition) is 1. The lowest BCUT2D eigenvalue weighted by atomic mass is 9.74. The van der Waals surface area contributed by atoms with Gasteiger partial charge in [0.25, 0.3) is 0 Å². The van der Waals surface area contributed by atoms with Crippen molar-refractivity contribution in [2.45, 2.75) is 37.0 Å². The number of aliphatic hydroxyl groups is 1. The van der Waals surface area contributed by atoms with Crippen molar-refractivity contribution >= 4 is 34.6 Å². The number of alkyl halides is 3. The average Bonchev–Trinajstić information content (AvgIpc) is 2.74. The Kier molecular flexibility index (Phi) is 3.09. The van der Waals surface area contributed by atoms with Gasteiger partial charge in [-0.1, -0.05) is 29.3 Å². The van der Waals surface area contributed by atoms with Crippen LogP contribution in [0.5, 0.6) is 0 Å². The summed E-state index contributed by atoms with van der Waals surface area (Å²) in [5.74, 6) is -0.542. The molecule has 0 spiro atoms. The molecule has 2 nitrogen and oxygen atoms in total. The van der Waals surface area contributed by atoms with Gasteiger partial charge in [-0.25, -0.2) is 0 Å². The van der Waals surface area contributed by atoms with Crippen LogP contribution < -0.4 is 0 Å². The fourth-order valence-electron chi connectivity index (χ4n) is 2.95. The molecule has 1 aromatic carbocycles. The summed E-state index contributed by atoms with van der Waals surface area (Å²) in [6.07, 6.45) is -4.32. The number of halogens is 5. The molecule has 2 unspecified atom stereocenters. The van der Waals surface area contributed by atoms with Crippen LogP contribution in [0.4, 0.5) is 18.9 Å². The Morgan fingerprint density at radius 3 is 2.65 bits per heavy atom. The fraction of sp³-hybridized carbons (Fsp3) is 0.462. The number of fused-ring (bicyclic) bond motifs is 3.